The number of nitrogens with zero attached hydrogens (tertiary/aromatic N) is 1. The van der Waals surface area contributed by atoms with Crippen molar-refractivity contribution >= 4 is 23.7 Å². The van der Waals surface area contributed by atoms with E-state index in [-0.39, 0.29) is 18.6 Å². The fraction of sp³-hybridized carbons (Fsp3) is 0.381. The smallest absolute Gasteiger partial charge is 0.328 e. The number of aromatic hydroxyl groups is 1. The van der Waals surface area contributed by atoms with Crippen molar-refractivity contribution in [2.24, 2.45) is 5.73 Å². The number of rotatable bonds is 13. The standard InChI is InChI=1S/C21H28N6O8/c22-14(5-11-1-3-13(30)4-2-11)18(31)25-15(6-12-7-23-10-24-12)19(32)26-16(8-28)20(33)27-17(9-29)21(34)35/h1-4,7,10,14-17,28-30H,5-6,8-9,22H2,(H,23,24)(H,25,31)(H,26,32)(H,27,33)(H,34,35). The quantitative estimate of drug-likeness (QED) is 0.135. The summed E-state index contributed by atoms with van der Waals surface area (Å²) in [6, 6.07) is 0.616. The van der Waals surface area contributed by atoms with Crippen molar-refractivity contribution in [3.8, 4) is 5.75 Å². The van der Waals surface area contributed by atoms with Crippen LogP contribution in [-0.4, -0.2) is 91.5 Å². The molecule has 0 saturated heterocycles. The first-order chi connectivity index (χ1) is 16.6. The van der Waals surface area contributed by atoms with Gasteiger partial charge in [0, 0.05) is 18.3 Å². The van der Waals surface area contributed by atoms with Gasteiger partial charge in [0.15, 0.2) is 0 Å². The number of aliphatic hydroxyl groups excluding tert-OH is 2. The zero-order chi connectivity index (χ0) is 26.0. The highest BCUT2D eigenvalue weighted by atomic mass is 16.4. The molecule has 4 unspecified atom stereocenters. The van der Waals surface area contributed by atoms with Gasteiger partial charge in [0.2, 0.25) is 17.7 Å². The van der Waals surface area contributed by atoms with Crippen LogP contribution in [0.1, 0.15) is 11.3 Å². The number of carboxylic acid groups (broad SMARTS) is 1. The number of aliphatic hydroxyl groups is 2. The molecule has 14 nitrogen and oxygen atoms in total. The molecule has 0 aliphatic carbocycles. The van der Waals surface area contributed by atoms with Gasteiger partial charge in [-0.05, 0) is 24.1 Å². The molecule has 2 aromatic rings. The summed E-state index contributed by atoms with van der Waals surface area (Å²) in [5.41, 5.74) is 7.13. The first kappa shape index (κ1) is 27.2. The largest absolute Gasteiger partial charge is 0.508 e. The summed E-state index contributed by atoms with van der Waals surface area (Å²) in [4.78, 5) is 55.5. The minimum absolute atomic E-state index is 0.0548. The lowest BCUT2D eigenvalue weighted by Crippen LogP contribution is -2.59. The Kier molecular flexibility index (Phi) is 10.1. The lowest BCUT2D eigenvalue weighted by Gasteiger charge is -2.24. The van der Waals surface area contributed by atoms with E-state index in [2.05, 4.69) is 20.6 Å². The van der Waals surface area contributed by atoms with Gasteiger partial charge in [0.05, 0.1) is 25.6 Å². The number of carbonyl (C=O) groups is 4. The second-order valence-corrected chi connectivity index (χ2v) is 7.64. The summed E-state index contributed by atoms with van der Waals surface area (Å²) in [7, 11) is 0. The lowest BCUT2D eigenvalue weighted by molar-refractivity contribution is -0.143. The van der Waals surface area contributed by atoms with E-state index in [0.717, 1.165) is 0 Å². The van der Waals surface area contributed by atoms with Crippen molar-refractivity contribution in [2.45, 2.75) is 37.0 Å². The Bertz CT molecular complexity index is 998. The normalized spacial score (nSPS) is 14.3. The molecule has 0 radical (unpaired) electrons. The number of H-pyrrole nitrogens is 1. The maximum Gasteiger partial charge on any atom is 0.328 e. The number of imidazole rings is 1. The minimum Gasteiger partial charge on any atom is -0.508 e. The van der Waals surface area contributed by atoms with Gasteiger partial charge in [-0.2, -0.15) is 0 Å². The molecule has 14 heteroatoms. The second kappa shape index (κ2) is 13.0. The highest BCUT2D eigenvalue weighted by molar-refractivity contribution is 5.94. The van der Waals surface area contributed by atoms with Crippen LogP contribution < -0.4 is 21.7 Å². The van der Waals surface area contributed by atoms with Crippen LogP contribution in [0.3, 0.4) is 0 Å². The van der Waals surface area contributed by atoms with Gasteiger partial charge in [-0.25, -0.2) is 9.78 Å². The van der Waals surface area contributed by atoms with E-state index in [4.69, 9.17) is 15.9 Å². The number of nitrogens with one attached hydrogen (secondary N) is 4. The highest BCUT2D eigenvalue weighted by Crippen LogP contribution is 2.11. The number of phenols is 1. The highest BCUT2D eigenvalue weighted by Gasteiger charge is 2.30. The molecule has 0 bridgehead atoms. The number of hydrogen-bond acceptors (Lipinski definition) is 9. The van der Waals surface area contributed by atoms with Crippen LogP contribution in [0.15, 0.2) is 36.8 Å². The van der Waals surface area contributed by atoms with E-state index < -0.39 is 61.1 Å². The molecule has 4 atom stereocenters. The van der Waals surface area contributed by atoms with E-state index >= 15 is 0 Å². The fourth-order valence-electron chi connectivity index (χ4n) is 3.01. The van der Waals surface area contributed by atoms with Crippen molar-refractivity contribution in [3.05, 3.63) is 48.0 Å². The summed E-state index contributed by atoms with van der Waals surface area (Å²) in [5.74, 6) is -4.02. The van der Waals surface area contributed by atoms with Gasteiger partial charge in [-0.15, -0.1) is 0 Å². The molecule has 0 aliphatic heterocycles. The third-order valence-corrected chi connectivity index (χ3v) is 4.95. The monoisotopic (exact) mass is 492 g/mol. The molecule has 3 amide bonds. The van der Waals surface area contributed by atoms with E-state index in [1.165, 1.54) is 24.7 Å². The number of amides is 3. The SMILES string of the molecule is NC(Cc1ccc(O)cc1)C(=O)NC(Cc1cnc[nH]1)C(=O)NC(CO)C(=O)NC(CO)C(=O)O. The maximum atomic E-state index is 12.9. The summed E-state index contributed by atoms with van der Waals surface area (Å²) >= 11 is 0. The molecule has 190 valence electrons. The van der Waals surface area contributed by atoms with E-state index in [1.54, 1.807) is 12.1 Å². The third kappa shape index (κ3) is 8.37. The van der Waals surface area contributed by atoms with Gasteiger partial charge in [-0.3, -0.25) is 14.4 Å². The van der Waals surface area contributed by atoms with Crippen LogP contribution >= 0.6 is 0 Å². The molecule has 0 saturated carbocycles. The Balaban J connectivity index is 2.09. The van der Waals surface area contributed by atoms with Gasteiger partial charge in [0.1, 0.15) is 23.9 Å². The van der Waals surface area contributed by atoms with Crippen LogP contribution in [0.2, 0.25) is 0 Å². The maximum absolute atomic E-state index is 12.9. The molecule has 35 heavy (non-hydrogen) atoms. The molecule has 1 aromatic carbocycles. The molecule has 2 rings (SSSR count). The Morgan fingerprint density at radius 1 is 0.886 bits per heavy atom. The number of phenolic OH excluding ortho intramolecular Hbond substituents is 1. The third-order valence-electron chi connectivity index (χ3n) is 4.95. The van der Waals surface area contributed by atoms with Crippen LogP contribution in [0.5, 0.6) is 5.75 Å². The number of benzene rings is 1. The molecule has 1 heterocycles. The lowest BCUT2D eigenvalue weighted by atomic mass is 10.0. The summed E-state index contributed by atoms with van der Waals surface area (Å²) in [6.07, 6.45) is 2.85. The van der Waals surface area contributed by atoms with Crippen molar-refractivity contribution in [2.75, 3.05) is 13.2 Å². The summed E-state index contributed by atoms with van der Waals surface area (Å²) < 4.78 is 0. The average molecular weight is 492 g/mol. The van der Waals surface area contributed by atoms with E-state index in [1.807, 2.05) is 5.32 Å². The number of aliphatic carboxylic acids is 1. The number of carbonyl (C=O) groups excluding carboxylic acids is 3. The van der Waals surface area contributed by atoms with Crippen molar-refractivity contribution in [1.82, 2.24) is 25.9 Å². The van der Waals surface area contributed by atoms with Gasteiger partial charge < -0.3 is 47.1 Å². The average Bonchev–Trinajstić information content (AvgIpc) is 3.34. The van der Waals surface area contributed by atoms with Gasteiger partial charge in [0.25, 0.3) is 0 Å². The predicted molar refractivity (Wildman–Crippen MR) is 120 cm³/mol. The Labute approximate surface area is 199 Å². The summed E-state index contributed by atoms with van der Waals surface area (Å²) in [5, 5.41) is 43.7. The number of nitrogens with two attached hydrogens (primary N) is 1. The molecular formula is C21H28N6O8. The topological polar surface area (TPSA) is 240 Å². The Morgan fingerprint density at radius 2 is 1.46 bits per heavy atom. The Morgan fingerprint density at radius 3 is 2.00 bits per heavy atom. The molecule has 0 aliphatic rings. The van der Waals surface area contributed by atoms with Crippen molar-refractivity contribution in [1.29, 1.82) is 0 Å². The molecular weight excluding hydrogens is 464 g/mol. The van der Waals surface area contributed by atoms with Crippen molar-refractivity contribution < 1.29 is 39.6 Å². The zero-order valence-electron chi connectivity index (χ0n) is 18.5. The Hall–Kier alpha value is -4.01. The van der Waals surface area contributed by atoms with E-state index in [9.17, 15) is 29.4 Å². The fourth-order valence-corrected chi connectivity index (χ4v) is 3.01. The van der Waals surface area contributed by atoms with Crippen LogP contribution in [0, 0.1) is 0 Å². The van der Waals surface area contributed by atoms with Crippen LogP contribution in [0.25, 0.3) is 0 Å². The number of aromatic nitrogens is 2. The molecule has 0 fully saturated rings. The van der Waals surface area contributed by atoms with Gasteiger partial charge >= 0.3 is 5.97 Å². The number of aromatic amines is 1. The van der Waals surface area contributed by atoms with Crippen molar-refractivity contribution in [3.63, 3.8) is 0 Å². The molecule has 1 aromatic heterocycles. The minimum atomic E-state index is -1.63. The molecule has 0 spiro atoms. The second-order valence-electron chi connectivity index (χ2n) is 7.64. The van der Waals surface area contributed by atoms with E-state index in [0.29, 0.717) is 11.3 Å². The van der Waals surface area contributed by atoms with Crippen LogP contribution in [-0.2, 0) is 32.0 Å². The molecule has 10 N–H and O–H groups in total. The summed E-state index contributed by atoms with van der Waals surface area (Å²) in [6.45, 7) is -1.77. The number of carboxylic acids is 1. The predicted octanol–water partition coefficient (Wildman–Crippen LogP) is -3.25. The number of hydrogen-bond donors (Lipinski definition) is 9. The zero-order valence-corrected chi connectivity index (χ0v) is 18.5. The van der Waals surface area contributed by atoms with Crippen LogP contribution in [0.4, 0.5) is 0 Å². The first-order valence-electron chi connectivity index (χ1n) is 10.5. The van der Waals surface area contributed by atoms with Gasteiger partial charge in [-0.1, -0.05) is 12.1 Å². The first-order valence-corrected chi connectivity index (χ1v) is 10.5.